The van der Waals surface area contributed by atoms with E-state index < -0.39 is 10.0 Å². The van der Waals surface area contributed by atoms with Crippen molar-refractivity contribution in [2.75, 3.05) is 39.4 Å². The van der Waals surface area contributed by atoms with Crippen molar-refractivity contribution >= 4 is 15.9 Å². The van der Waals surface area contributed by atoms with E-state index in [1.54, 1.807) is 15.8 Å². The summed E-state index contributed by atoms with van der Waals surface area (Å²) >= 11 is 0. The van der Waals surface area contributed by atoms with Gasteiger partial charge < -0.3 is 9.64 Å². The minimum Gasteiger partial charge on any atom is -0.378 e. The fourth-order valence-electron chi connectivity index (χ4n) is 3.29. The molecule has 0 bridgehead atoms. The van der Waals surface area contributed by atoms with Crippen LogP contribution in [0, 0.1) is 5.92 Å². The van der Waals surface area contributed by atoms with E-state index in [0.29, 0.717) is 39.3 Å². The second kappa shape index (κ2) is 7.43. The first-order valence-corrected chi connectivity index (χ1v) is 10.2. The second-order valence-electron chi connectivity index (χ2n) is 6.89. The van der Waals surface area contributed by atoms with E-state index in [1.165, 1.54) is 10.5 Å². The minimum atomic E-state index is -3.62. The van der Waals surface area contributed by atoms with Crippen LogP contribution >= 0.6 is 0 Å². The largest absolute Gasteiger partial charge is 0.378 e. The number of rotatable bonds is 4. The predicted octanol–water partition coefficient (Wildman–Crippen LogP) is 0.724. The molecule has 0 spiro atoms. The Kier molecular flexibility index (Phi) is 5.45. The average Bonchev–Trinajstić information content (AvgIpc) is 3.13. The van der Waals surface area contributed by atoms with Crippen LogP contribution in [0.5, 0.6) is 0 Å². The predicted molar refractivity (Wildman–Crippen MR) is 91.5 cm³/mol. The van der Waals surface area contributed by atoms with Crippen molar-refractivity contribution in [1.29, 1.82) is 0 Å². The van der Waals surface area contributed by atoms with Gasteiger partial charge in [0.15, 0.2) is 0 Å². The number of carbonyl (C=O) groups excluding carboxylic acids is 1. The fraction of sp³-hybridized carbons (Fsp3) is 0.750. The number of nitrogens with zero attached hydrogens (tertiary/aromatic N) is 4. The van der Waals surface area contributed by atoms with Gasteiger partial charge in [-0.3, -0.25) is 9.48 Å². The molecule has 1 unspecified atom stereocenters. The molecule has 2 saturated heterocycles. The maximum Gasteiger partial charge on any atom is 0.246 e. The lowest BCUT2D eigenvalue weighted by Crippen LogP contribution is -2.49. The highest BCUT2D eigenvalue weighted by Gasteiger charge is 2.36. The van der Waals surface area contributed by atoms with Crippen LogP contribution in [0.2, 0.25) is 0 Å². The van der Waals surface area contributed by atoms with E-state index in [2.05, 4.69) is 5.10 Å². The molecule has 2 aliphatic rings. The number of piperidine rings is 1. The lowest BCUT2D eigenvalue weighted by Gasteiger charge is -2.35. The maximum absolute atomic E-state index is 12.9. The highest BCUT2D eigenvalue weighted by atomic mass is 32.2. The summed E-state index contributed by atoms with van der Waals surface area (Å²) in [6, 6.07) is 0.0981. The molecule has 1 aromatic heterocycles. The molecule has 0 radical (unpaired) electrons. The first-order valence-electron chi connectivity index (χ1n) is 8.80. The van der Waals surface area contributed by atoms with Crippen LogP contribution in [-0.2, 0) is 19.6 Å². The monoisotopic (exact) mass is 370 g/mol. The highest BCUT2D eigenvalue weighted by Crippen LogP contribution is 2.25. The Labute approximate surface area is 148 Å². The van der Waals surface area contributed by atoms with E-state index in [-0.39, 0.29) is 29.3 Å². The standard InChI is InChI=1S/C16H26N4O4S/c1-13(2)20-12-15(10-17-20)25(22,23)19-5-3-4-14(11-19)16(21)18-6-8-24-9-7-18/h10,12-14H,3-9,11H2,1-2H3. The molecule has 8 nitrogen and oxygen atoms in total. The number of amides is 1. The average molecular weight is 370 g/mol. The van der Waals surface area contributed by atoms with Gasteiger partial charge in [0.1, 0.15) is 4.90 Å². The van der Waals surface area contributed by atoms with Gasteiger partial charge in [0.25, 0.3) is 0 Å². The fourth-order valence-corrected chi connectivity index (χ4v) is 4.75. The van der Waals surface area contributed by atoms with Crippen LogP contribution in [0.15, 0.2) is 17.3 Å². The zero-order valence-electron chi connectivity index (χ0n) is 14.8. The summed E-state index contributed by atoms with van der Waals surface area (Å²) in [5.41, 5.74) is 0. The van der Waals surface area contributed by atoms with Gasteiger partial charge in [-0.15, -0.1) is 0 Å². The molecule has 1 amide bonds. The third-order valence-corrected chi connectivity index (χ3v) is 6.62. The molecule has 2 aliphatic heterocycles. The Morgan fingerprint density at radius 1 is 1.28 bits per heavy atom. The van der Waals surface area contributed by atoms with Gasteiger partial charge in [0, 0.05) is 38.4 Å². The number of morpholine rings is 1. The molecule has 0 saturated carbocycles. The number of carbonyl (C=O) groups is 1. The van der Waals surface area contributed by atoms with Crippen LogP contribution < -0.4 is 0 Å². The first-order chi connectivity index (χ1) is 11.9. The van der Waals surface area contributed by atoms with Gasteiger partial charge in [-0.2, -0.15) is 9.40 Å². The van der Waals surface area contributed by atoms with E-state index >= 15 is 0 Å². The molecule has 1 aromatic rings. The summed E-state index contributed by atoms with van der Waals surface area (Å²) in [7, 11) is -3.62. The Morgan fingerprint density at radius 2 is 2.00 bits per heavy atom. The van der Waals surface area contributed by atoms with Crippen molar-refractivity contribution in [2.24, 2.45) is 5.92 Å². The third-order valence-electron chi connectivity index (χ3n) is 4.80. The molecule has 2 fully saturated rings. The number of sulfonamides is 1. The van der Waals surface area contributed by atoms with Crippen molar-refractivity contribution in [1.82, 2.24) is 19.0 Å². The Hall–Kier alpha value is -1.45. The number of ether oxygens (including phenoxy) is 1. The zero-order chi connectivity index (χ0) is 18.0. The summed E-state index contributed by atoms with van der Waals surface area (Å²) in [4.78, 5) is 14.7. The number of aromatic nitrogens is 2. The maximum atomic E-state index is 12.9. The molecule has 25 heavy (non-hydrogen) atoms. The van der Waals surface area contributed by atoms with Gasteiger partial charge in [-0.1, -0.05) is 0 Å². The van der Waals surface area contributed by atoms with Gasteiger partial charge >= 0.3 is 0 Å². The topological polar surface area (TPSA) is 84.7 Å². The summed E-state index contributed by atoms with van der Waals surface area (Å²) in [5, 5.41) is 4.13. The minimum absolute atomic E-state index is 0.0427. The van der Waals surface area contributed by atoms with Crippen molar-refractivity contribution < 1.29 is 17.9 Å². The molecule has 0 N–H and O–H groups in total. The van der Waals surface area contributed by atoms with Crippen molar-refractivity contribution in [3.63, 3.8) is 0 Å². The Morgan fingerprint density at radius 3 is 2.64 bits per heavy atom. The summed E-state index contributed by atoms with van der Waals surface area (Å²) in [5.74, 6) is -0.233. The molecule has 0 aromatic carbocycles. The summed E-state index contributed by atoms with van der Waals surface area (Å²) in [6.07, 6.45) is 4.38. The number of hydrogen-bond donors (Lipinski definition) is 0. The van der Waals surface area contributed by atoms with Crippen LogP contribution in [0.3, 0.4) is 0 Å². The van der Waals surface area contributed by atoms with Gasteiger partial charge in [0.2, 0.25) is 15.9 Å². The van der Waals surface area contributed by atoms with Gasteiger partial charge in [-0.05, 0) is 26.7 Å². The van der Waals surface area contributed by atoms with E-state index in [4.69, 9.17) is 4.74 Å². The van der Waals surface area contributed by atoms with Gasteiger partial charge in [-0.25, -0.2) is 8.42 Å². The Bertz CT molecular complexity index is 709. The molecule has 3 heterocycles. The van der Waals surface area contributed by atoms with Gasteiger partial charge in [0.05, 0.1) is 25.3 Å². The molecule has 3 rings (SSSR count). The quantitative estimate of drug-likeness (QED) is 0.780. The van der Waals surface area contributed by atoms with E-state index in [1.807, 2.05) is 13.8 Å². The van der Waals surface area contributed by atoms with Crippen LogP contribution in [0.1, 0.15) is 32.7 Å². The van der Waals surface area contributed by atoms with Crippen LogP contribution in [-0.4, -0.2) is 72.7 Å². The molecule has 140 valence electrons. The smallest absolute Gasteiger partial charge is 0.246 e. The molecule has 0 aliphatic carbocycles. The lowest BCUT2D eigenvalue weighted by molar-refractivity contribution is -0.140. The highest BCUT2D eigenvalue weighted by molar-refractivity contribution is 7.89. The van der Waals surface area contributed by atoms with Crippen LogP contribution in [0.4, 0.5) is 0 Å². The molecular weight excluding hydrogens is 344 g/mol. The molecule has 1 atom stereocenters. The van der Waals surface area contributed by atoms with Crippen molar-refractivity contribution in [3.8, 4) is 0 Å². The van der Waals surface area contributed by atoms with E-state index in [9.17, 15) is 13.2 Å². The summed E-state index contributed by atoms with van der Waals surface area (Å²) in [6.45, 7) is 6.85. The van der Waals surface area contributed by atoms with E-state index in [0.717, 1.165) is 6.42 Å². The lowest BCUT2D eigenvalue weighted by atomic mass is 9.98. The second-order valence-corrected chi connectivity index (χ2v) is 8.83. The zero-order valence-corrected chi connectivity index (χ0v) is 15.6. The van der Waals surface area contributed by atoms with Crippen molar-refractivity contribution in [3.05, 3.63) is 12.4 Å². The summed E-state index contributed by atoms with van der Waals surface area (Å²) < 4.78 is 34.1. The number of hydrogen-bond acceptors (Lipinski definition) is 5. The molecule has 9 heteroatoms. The normalized spacial score (nSPS) is 23.2. The van der Waals surface area contributed by atoms with Crippen molar-refractivity contribution in [2.45, 2.75) is 37.6 Å². The third kappa shape index (κ3) is 3.88. The SMILES string of the molecule is CC(C)n1cc(S(=O)(=O)N2CCCC(C(=O)N3CCOCC3)C2)cn1. The molecular formula is C16H26N4O4S. The Balaban J connectivity index is 1.72. The van der Waals surface area contributed by atoms with Crippen LogP contribution in [0.25, 0.3) is 0 Å². The first kappa shape index (κ1) is 18.3.